The summed E-state index contributed by atoms with van der Waals surface area (Å²) in [4.78, 5) is 0.298. The number of benzene rings is 2. The van der Waals surface area contributed by atoms with Crippen LogP contribution in [0.5, 0.6) is 5.75 Å². The highest BCUT2D eigenvalue weighted by atomic mass is 35.5. The molecule has 1 fully saturated rings. The Hall–Kier alpha value is -1.56. The van der Waals surface area contributed by atoms with Crippen molar-refractivity contribution in [2.24, 2.45) is 0 Å². The van der Waals surface area contributed by atoms with Crippen LogP contribution in [0.3, 0.4) is 0 Å². The second-order valence-corrected chi connectivity index (χ2v) is 8.28. The highest BCUT2D eigenvalue weighted by Crippen LogP contribution is 2.32. The van der Waals surface area contributed by atoms with Gasteiger partial charge < -0.3 is 4.74 Å². The maximum atomic E-state index is 12.7. The van der Waals surface area contributed by atoms with Gasteiger partial charge in [0, 0.05) is 18.1 Å². The zero-order valence-electron chi connectivity index (χ0n) is 13.5. The molecular weight excluding hydrogens is 346 g/mol. The molecule has 3 rings (SSSR count). The lowest BCUT2D eigenvalue weighted by molar-refractivity contribution is 0.319. The SMILES string of the molecule is COc1cccc(C2CCN(S(=O)(=O)c3ccc(Cl)cc3)CC2)c1. The van der Waals surface area contributed by atoms with Crippen molar-refractivity contribution in [3.05, 3.63) is 59.1 Å². The van der Waals surface area contributed by atoms with Gasteiger partial charge in [0.2, 0.25) is 10.0 Å². The summed E-state index contributed by atoms with van der Waals surface area (Å²) in [5, 5.41) is 0.533. The van der Waals surface area contributed by atoms with Gasteiger partial charge in [-0.1, -0.05) is 23.7 Å². The van der Waals surface area contributed by atoms with E-state index in [1.54, 1.807) is 35.7 Å². The van der Waals surface area contributed by atoms with E-state index in [-0.39, 0.29) is 0 Å². The average molecular weight is 366 g/mol. The molecule has 0 radical (unpaired) electrons. The average Bonchev–Trinajstić information content (AvgIpc) is 2.62. The number of rotatable bonds is 4. The van der Waals surface area contributed by atoms with Gasteiger partial charge in [-0.15, -0.1) is 0 Å². The van der Waals surface area contributed by atoms with Crippen LogP contribution >= 0.6 is 11.6 Å². The molecule has 4 nitrogen and oxygen atoms in total. The second-order valence-electron chi connectivity index (χ2n) is 5.91. The first-order valence-electron chi connectivity index (χ1n) is 7.90. The van der Waals surface area contributed by atoms with Crippen molar-refractivity contribution in [2.75, 3.05) is 20.2 Å². The summed E-state index contributed by atoms with van der Waals surface area (Å²) < 4.78 is 32.2. The molecule has 0 spiro atoms. The molecule has 0 N–H and O–H groups in total. The lowest BCUT2D eigenvalue weighted by atomic mass is 9.90. The van der Waals surface area contributed by atoms with E-state index in [0.29, 0.717) is 28.9 Å². The lowest BCUT2D eigenvalue weighted by Gasteiger charge is -2.31. The van der Waals surface area contributed by atoms with Gasteiger partial charge in [0.1, 0.15) is 5.75 Å². The van der Waals surface area contributed by atoms with E-state index in [1.165, 1.54) is 5.56 Å². The van der Waals surface area contributed by atoms with Crippen LogP contribution in [0.1, 0.15) is 24.3 Å². The molecule has 0 unspecified atom stereocenters. The van der Waals surface area contributed by atoms with Gasteiger partial charge in [0.05, 0.1) is 12.0 Å². The van der Waals surface area contributed by atoms with E-state index in [0.717, 1.165) is 18.6 Å². The van der Waals surface area contributed by atoms with Gasteiger partial charge in [0.15, 0.2) is 0 Å². The summed E-state index contributed by atoms with van der Waals surface area (Å²) in [7, 11) is -1.79. The van der Waals surface area contributed by atoms with Crippen LogP contribution in [0.2, 0.25) is 5.02 Å². The third-order valence-electron chi connectivity index (χ3n) is 4.47. The summed E-state index contributed by atoms with van der Waals surface area (Å²) in [5.41, 5.74) is 1.21. The van der Waals surface area contributed by atoms with Crippen LogP contribution in [0, 0.1) is 0 Å². The van der Waals surface area contributed by atoms with Crippen LogP contribution < -0.4 is 4.74 Å². The molecule has 0 amide bonds. The second kappa shape index (κ2) is 7.13. The van der Waals surface area contributed by atoms with Gasteiger partial charge in [0.25, 0.3) is 0 Å². The van der Waals surface area contributed by atoms with Crippen LogP contribution in [-0.4, -0.2) is 32.9 Å². The van der Waals surface area contributed by atoms with Crippen LogP contribution in [-0.2, 0) is 10.0 Å². The molecule has 1 aliphatic rings. The molecule has 0 bridgehead atoms. The van der Waals surface area contributed by atoms with Crippen molar-refractivity contribution < 1.29 is 13.2 Å². The molecule has 0 aliphatic carbocycles. The Balaban J connectivity index is 1.71. The first kappa shape index (κ1) is 17.3. The van der Waals surface area contributed by atoms with Crippen LogP contribution in [0.25, 0.3) is 0 Å². The van der Waals surface area contributed by atoms with Gasteiger partial charge in [-0.25, -0.2) is 8.42 Å². The fourth-order valence-corrected chi connectivity index (χ4v) is 4.68. The molecule has 1 heterocycles. The number of hydrogen-bond donors (Lipinski definition) is 0. The Morgan fingerprint density at radius 2 is 1.75 bits per heavy atom. The van der Waals surface area contributed by atoms with E-state index < -0.39 is 10.0 Å². The quantitative estimate of drug-likeness (QED) is 0.825. The molecule has 0 aromatic heterocycles. The van der Waals surface area contributed by atoms with Crippen LogP contribution in [0.4, 0.5) is 0 Å². The maximum absolute atomic E-state index is 12.7. The summed E-state index contributed by atoms with van der Waals surface area (Å²) in [6, 6.07) is 14.4. The molecule has 2 aromatic rings. The minimum absolute atomic E-state index is 0.298. The Kier molecular flexibility index (Phi) is 5.13. The molecule has 2 aromatic carbocycles. The number of hydrogen-bond acceptors (Lipinski definition) is 3. The molecule has 1 aliphatic heterocycles. The predicted molar refractivity (Wildman–Crippen MR) is 95.2 cm³/mol. The van der Waals surface area contributed by atoms with Crippen molar-refractivity contribution in [3.63, 3.8) is 0 Å². The Bertz CT molecular complexity index is 797. The first-order chi connectivity index (χ1) is 11.5. The van der Waals surface area contributed by atoms with Gasteiger partial charge in [-0.2, -0.15) is 4.31 Å². The monoisotopic (exact) mass is 365 g/mol. The Morgan fingerprint density at radius 3 is 2.38 bits per heavy atom. The number of ether oxygens (including phenoxy) is 1. The fraction of sp³-hybridized carbons (Fsp3) is 0.333. The van der Waals surface area contributed by atoms with Gasteiger partial charge in [-0.3, -0.25) is 0 Å². The summed E-state index contributed by atoms with van der Waals surface area (Å²) in [6.45, 7) is 1.04. The number of sulfonamides is 1. The molecule has 0 saturated carbocycles. The van der Waals surface area contributed by atoms with Crippen molar-refractivity contribution >= 4 is 21.6 Å². The highest BCUT2D eigenvalue weighted by Gasteiger charge is 2.29. The van der Waals surface area contributed by atoms with E-state index in [2.05, 4.69) is 6.07 Å². The fourth-order valence-electron chi connectivity index (χ4n) is 3.08. The van der Waals surface area contributed by atoms with Crippen molar-refractivity contribution in [1.82, 2.24) is 4.31 Å². The summed E-state index contributed by atoms with van der Waals surface area (Å²) >= 11 is 5.84. The molecule has 128 valence electrons. The highest BCUT2D eigenvalue weighted by molar-refractivity contribution is 7.89. The number of piperidine rings is 1. The maximum Gasteiger partial charge on any atom is 0.243 e. The number of methoxy groups -OCH3 is 1. The summed E-state index contributed by atoms with van der Waals surface area (Å²) in [5.74, 6) is 1.19. The third kappa shape index (κ3) is 3.58. The normalized spacial score (nSPS) is 16.9. The molecule has 0 atom stereocenters. The molecule has 6 heteroatoms. The Labute approximate surface area is 148 Å². The van der Waals surface area contributed by atoms with Crippen molar-refractivity contribution in [2.45, 2.75) is 23.7 Å². The predicted octanol–water partition coefficient (Wildman–Crippen LogP) is 3.92. The summed E-state index contributed by atoms with van der Waals surface area (Å²) in [6.07, 6.45) is 1.61. The zero-order chi connectivity index (χ0) is 17.2. The van der Waals surface area contributed by atoms with E-state index in [9.17, 15) is 8.42 Å². The topological polar surface area (TPSA) is 46.6 Å². The largest absolute Gasteiger partial charge is 0.497 e. The standard InChI is InChI=1S/C18H20ClNO3S/c1-23-17-4-2-3-15(13-17)14-9-11-20(12-10-14)24(21,22)18-7-5-16(19)6-8-18/h2-8,13-14H,9-12H2,1H3. The number of halogens is 1. The van der Waals surface area contributed by atoms with Crippen LogP contribution in [0.15, 0.2) is 53.4 Å². The molecule has 24 heavy (non-hydrogen) atoms. The molecular formula is C18H20ClNO3S. The van der Waals surface area contributed by atoms with Gasteiger partial charge in [-0.05, 0) is 60.7 Å². The Morgan fingerprint density at radius 1 is 1.08 bits per heavy atom. The minimum atomic E-state index is -3.45. The number of nitrogens with zero attached hydrogens (tertiary/aromatic N) is 1. The van der Waals surface area contributed by atoms with Crippen molar-refractivity contribution in [1.29, 1.82) is 0 Å². The van der Waals surface area contributed by atoms with E-state index in [4.69, 9.17) is 16.3 Å². The molecule has 1 saturated heterocycles. The van der Waals surface area contributed by atoms with E-state index >= 15 is 0 Å². The first-order valence-corrected chi connectivity index (χ1v) is 9.72. The van der Waals surface area contributed by atoms with Crippen molar-refractivity contribution in [3.8, 4) is 5.75 Å². The van der Waals surface area contributed by atoms with E-state index in [1.807, 2.05) is 18.2 Å². The lowest BCUT2D eigenvalue weighted by Crippen LogP contribution is -2.37. The third-order valence-corrected chi connectivity index (χ3v) is 6.64. The zero-order valence-corrected chi connectivity index (χ0v) is 15.1. The van der Waals surface area contributed by atoms with Gasteiger partial charge >= 0.3 is 0 Å². The minimum Gasteiger partial charge on any atom is -0.497 e. The smallest absolute Gasteiger partial charge is 0.243 e.